The van der Waals surface area contributed by atoms with Gasteiger partial charge in [0.25, 0.3) is 0 Å². The van der Waals surface area contributed by atoms with Gasteiger partial charge in [-0.3, -0.25) is 0 Å². The number of halogens is 1. The molecule has 0 heterocycles. The lowest BCUT2D eigenvalue weighted by Gasteiger charge is -2.10. The Morgan fingerprint density at radius 3 is 2.38 bits per heavy atom. The Morgan fingerprint density at radius 2 is 1.75 bits per heavy atom. The van der Waals surface area contributed by atoms with Crippen molar-refractivity contribution in [3.05, 3.63) is 48.3 Å². The molecule has 16 heavy (non-hydrogen) atoms. The zero-order valence-electron chi connectivity index (χ0n) is 8.77. The highest BCUT2D eigenvalue weighted by Gasteiger charge is 2.14. The predicted octanol–water partition coefficient (Wildman–Crippen LogP) is 3.21. The smallest absolute Gasteiger partial charge is 0.207 e. The summed E-state index contributed by atoms with van der Waals surface area (Å²) < 4.78 is 18.5. The number of aromatic hydroxyl groups is 1. The van der Waals surface area contributed by atoms with Gasteiger partial charge in [0, 0.05) is 5.56 Å². The van der Waals surface area contributed by atoms with Gasteiger partial charge in [-0.2, -0.15) is 4.39 Å². The van der Waals surface area contributed by atoms with Crippen molar-refractivity contribution in [3.8, 4) is 22.6 Å². The van der Waals surface area contributed by atoms with Crippen LogP contribution in [0.15, 0.2) is 42.5 Å². The molecular weight excluding hydrogens is 207 g/mol. The van der Waals surface area contributed by atoms with Gasteiger partial charge in [-0.05, 0) is 17.7 Å². The van der Waals surface area contributed by atoms with E-state index < -0.39 is 11.6 Å². The fourth-order valence-corrected chi connectivity index (χ4v) is 1.59. The Balaban J connectivity index is 2.62. The third-order valence-electron chi connectivity index (χ3n) is 2.37. The standard InChI is InChI=1S/C13H11FO2/c1-16-13-10(7-8-11(15)12(13)14)9-5-3-2-4-6-9/h2-8,15H,1H3. The van der Waals surface area contributed by atoms with Gasteiger partial charge in [-0.25, -0.2) is 0 Å². The zero-order chi connectivity index (χ0) is 11.5. The molecule has 0 saturated carbocycles. The fourth-order valence-electron chi connectivity index (χ4n) is 1.59. The Hall–Kier alpha value is -2.03. The summed E-state index contributed by atoms with van der Waals surface area (Å²) in [5.74, 6) is -1.08. The van der Waals surface area contributed by atoms with Crippen LogP contribution in [-0.2, 0) is 0 Å². The Labute approximate surface area is 92.9 Å². The second-order valence-electron chi connectivity index (χ2n) is 3.35. The number of ether oxygens (including phenoxy) is 1. The average Bonchev–Trinajstić information content (AvgIpc) is 2.33. The van der Waals surface area contributed by atoms with E-state index in [-0.39, 0.29) is 5.75 Å². The molecule has 2 aromatic carbocycles. The van der Waals surface area contributed by atoms with Crippen LogP contribution in [-0.4, -0.2) is 12.2 Å². The quantitative estimate of drug-likeness (QED) is 0.838. The summed E-state index contributed by atoms with van der Waals surface area (Å²) in [6.45, 7) is 0. The summed E-state index contributed by atoms with van der Waals surface area (Å²) in [5, 5.41) is 9.25. The van der Waals surface area contributed by atoms with Gasteiger partial charge < -0.3 is 9.84 Å². The monoisotopic (exact) mass is 218 g/mol. The van der Waals surface area contributed by atoms with Gasteiger partial charge in [-0.1, -0.05) is 30.3 Å². The number of hydrogen-bond donors (Lipinski definition) is 1. The van der Waals surface area contributed by atoms with E-state index in [1.165, 1.54) is 13.2 Å². The van der Waals surface area contributed by atoms with Crippen molar-refractivity contribution in [2.45, 2.75) is 0 Å². The van der Waals surface area contributed by atoms with E-state index in [1.54, 1.807) is 6.07 Å². The first kappa shape index (κ1) is 10.5. The number of phenols is 1. The molecule has 2 rings (SSSR count). The highest BCUT2D eigenvalue weighted by molar-refractivity contribution is 5.71. The van der Waals surface area contributed by atoms with Crippen LogP contribution in [0.3, 0.4) is 0 Å². The van der Waals surface area contributed by atoms with E-state index in [0.29, 0.717) is 5.56 Å². The minimum Gasteiger partial charge on any atom is -0.505 e. The topological polar surface area (TPSA) is 29.5 Å². The molecule has 0 aromatic heterocycles. The summed E-state index contributed by atoms with van der Waals surface area (Å²) in [4.78, 5) is 0. The molecule has 0 amide bonds. The SMILES string of the molecule is COc1c(-c2ccccc2)ccc(O)c1F. The van der Waals surface area contributed by atoms with Crippen molar-refractivity contribution >= 4 is 0 Å². The summed E-state index contributed by atoms with van der Waals surface area (Å²) in [6.07, 6.45) is 0. The lowest BCUT2D eigenvalue weighted by Crippen LogP contribution is -1.92. The first-order chi connectivity index (χ1) is 7.74. The number of rotatable bonds is 2. The molecule has 0 unspecified atom stereocenters. The first-order valence-corrected chi connectivity index (χ1v) is 4.85. The fraction of sp³-hybridized carbons (Fsp3) is 0.0769. The molecular formula is C13H11FO2. The minimum atomic E-state index is -0.733. The highest BCUT2D eigenvalue weighted by atomic mass is 19.1. The molecule has 82 valence electrons. The van der Waals surface area contributed by atoms with E-state index in [9.17, 15) is 9.50 Å². The number of benzene rings is 2. The van der Waals surface area contributed by atoms with Gasteiger partial charge in [0.15, 0.2) is 11.5 Å². The second-order valence-corrected chi connectivity index (χ2v) is 3.35. The average molecular weight is 218 g/mol. The van der Waals surface area contributed by atoms with E-state index in [0.717, 1.165) is 5.56 Å². The third-order valence-corrected chi connectivity index (χ3v) is 2.37. The Bertz CT molecular complexity index is 495. The lowest BCUT2D eigenvalue weighted by atomic mass is 10.0. The van der Waals surface area contributed by atoms with Crippen molar-refractivity contribution in [1.82, 2.24) is 0 Å². The minimum absolute atomic E-state index is 0.0613. The molecule has 2 aromatic rings. The van der Waals surface area contributed by atoms with Crippen LogP contribution in [0.5, 0.6) is 11.5 Å². The second kappa shape index (κ2) is 4.23. The van der Waals surface area contributed by atoms with Crippen LogP contribution in [0.1, 0.15) is 0 Å². The van der Waals surface area contributed by atoms with Gasteiger partial charge in [0.1, 0.15) is 0 Å². The molecule has 0 spiro atoms. The van der Waals surface area contributed by atoms with Crippen LogP contribution in [0, 0.1) is 5.82 Å². The van der Waals surface area contributed by atoms with Crippen molar-refractivity contribution in [1.29, 1.82) is 0 Å². The lowest BCUT2D eigenvalue weighted by molar-refractivity contribution is 0.366. The third kappa shape index (κ3) is 1.72. The van der Waals surface area contributed by atoms with Crippen LogP contribution in [0.2, 0.25) is 0 Å². The molecule has 0 aliphatic rings. The summed E-state index contributed by atoms with van der Waals surface area (Å²) >= 11 is 0. The molecule has 0 aliphatic carbocycles. The predicted molar refractivity (Wildman–Crippen MR) is 60.1 cm³/mol. The van der Waals surface area contributed by atoms with Crippen LogP contribution in [0.4, 0.5) is 4.39 Å². The van der Waals surface area contributed by atoms with E-state index >= 15 is 0 Å². The molecule has 3 heteroatoms. The Morgan fingerprint density at radius 1 is 1.06 bits per heavy atom. The number of phenolic OH excluding ortho intramolecular Hbond substituents is 1. The van der Waals surface area contributed by atoms with Gasteiger partial charge in [0.05, 0.1) is 7.11 Å². The maximum absolute atomic E-state index is 13.6. The Kier molecular flexibility index (Phi) is 2.77. The molecule has 0 atom stereocenters. The molecule has 0 bridgehead atoms. The highest BCUT2D eigenvalue weighted by Crippen LogP contribution is 2.36. The summed E-state index contributed by atoms with van der Waals surface area (Å²) in [6, 6.07) is 12.3. The summed E-state index contributed by atoms with van der Waals surface area (Å²) in [7, 11) is 1.38. The molecule has 0 fully saturated rings. The molecule has 0 saturated heterocycles. The van der Waals surface area contributed by atoms with Crippen LogP contribution >= 0.6 is 0 Å². The maximum Gasteiger partial charge on any atom is 0.207 e. The van der Waals surface area contributed by atoms with Gasteiger partial charge in [0.2, 0.25) is 5.82 Å². The van der Waals surface area contributed by atoms with Crippen molar-refractivity contribution < 1.29 is 14.2 Å². The molecule has 2 nitrogen and oxygen atoms in total. The van der Waals surface area contributed by atoms with Crippen LogP contribution in [0.25, 0.3) is 11.1 Å². The number of methoxy groups -OCH3 is 1. The maximum atomic E-state index is 13.6. The first-order valence-electron chi connectivity index (χ1n) is 4.85. The van der Waals surface area contributed by atoms with Crippen molar-refractivity contribution in [2.24, 2.45) is 0 Å². The molecule has 0 radical (unpaired) electrons. The van der Waals surface area contributed by atoms with Crippen molar-refractivity contribution in [2.75, 3.05) is 7.11 Å². The zero-order valence-corrected chi connectivity index (χ0v) is 8.77. The normalized spacial score (nSPS) is 10.1. The molecule has 0 aliphatic heterocycles. The van der Waals surface area contributed by atoms with Crippen molar-refractivity contribution in [3.63, 3.8) is 0 Å². The largest absolute Gasteiger partial charge is 0.505 e. The molecule has 1 N–H and O–H groups in total. The van der Waals surface area contributed by atoms with Crippen LogP contribution < -0.4 is 4.74 Å². The van der Waals surface area contributed by atoms with E-state index in [4.69, 9.17) is 4.74 Å². The van der Waals surface area contributed by atoms with Gasteiger partial charge >= 0.3 is 0 Å². The summed E-state index contributed by atoms with van der Waals surface area (Å²) in [5.41, 5.74) is 1.47. The number of hydrogen-bond acceptors (Lipinski definition) is 2. The van der Waals surface area contributed by atoms with E-state index in [2.05, 4.69) is 0 Å². The van der Waals surface area contributed by atoms with Gasteiger partial charge in [-0.15, -0.1) is 0 Å². The van der Waals surface area contributed by atoms with E-state index in [1.807, 2.05) is 30.3 Å².